The molecule has 1 aliphatic heterocycles. The molecule has 0 saturated carbocycles. The lowest BCUT2D eigenvalue weighted by Gasteiger charge is -2.44. The molecule has 1 heterocycles. The number of unbranched alkanes of at least 4 members (excludes halogenated alkanes) is 12. The number of benzene rings is 3. The number of hydrogen-bond donors (Lipinski definition) is 2. The van der Waals surface area contributed by atoms with Gasteiger partial charge in [-0.05, 0) is 81.5 Å². The molecule has 1 aliphatic rings. The molecule has 460 valence electrons. The summed E-state index contributed by atoms with van der Waals surface area (Å²) in [5.41, 5.74) is 1.51. The summed E-state index contributed by atoms with van der Waals surface area (Å²) in [6.07, 6.45) is 8.98. The van der Waals surface area contributed by atoms with Gasteiger partial charge in [0.25, 0.3) is 8.53 Å². The maximum absolute atomic E-state index is 13.6. The first-order valence-electron chi connectivity index (χ1n) is 29.5. The maximum Gasteiger partial charge on any atom is 0.303 e. The fourth-order valence-electron chi connectivity index (χ4n) is 10.1. The molecule has 0 aromatic heterocycles. The average molecular weight is 1180 g/mol. The Bertz CT molecular complexity index is 2350. The lowest BCUT2D eigenvalue weighted by molar-refractivity contribution is -0.277. The summed E-state index contributed by atoms with van der Waals surface area (Å²) in [6.45, 7) is 13.8. The Hall–Kier alpha value is -5.71. The van der Waals surface area contributed by atoms with Gasteiger partial charge in [-0.3, -0.25) is 24.0 Å². The van der Waals surface area contributed by atoms with Crippen LogP contribution < -0.4 is 20.1 Å². The molecule has 6 unspecified atom stereocenters. The molecule has 0 radical (unpaired) electrons. The van der Waals surface area contributed by atoms with E-state index in [1.54, 1.807) is 14.2 Å². The van der Waals surface area contributed by atoms with Crippen LogP contribution in [0.15, 0.2) is 78.9 Å². The Kier molecular flexibility index (Phi) is 32.2. The van der Waals surface area contributed by atoms with Crippen LogP contribution >= 0.6 is 8.53 Å². The number of nitrogens with zero attached hydrogens (tertiary/aromatic N) is 2. The number of esters is 3. The number of rotatable bonds is 40. The van der Waals surface area contributed by atoms with Crippen LogP contribution in [0, 0.1) is 11.3 Å². The Morgan fingerprint density at radius 1 is 0.663 bits per heavy atom. The van der Waals surface area contributed by atoms with Crippen LogP contribution in [-0.2, 0) is 67.0 Å². The summed E-state index contributed by atoms with van der Waals surface area (Å²) in [7, 11) is 1.60. The first-order valence-corrected chi connectivity index (χ1v) is 30.6. The van der Waals surface area contributed by atoms with Crippen LogP contribution in [0.1, 0.15) is 168 Å². The van der Waals surface area contributed by atoms with Crippen molar-refractivity contribution < 1.29 is 70.9 Å². The molecule has 2 amide bonds. The van der Waals surface area contributed by atoms with Crippen LogP contribution in [-0.4, -0.2) is 130 Å². The summed E-state index contributed by atoms with van der Waals surface area (Å²) in [4.78, 5) is 61.6. The molecule has 4 rings (SSSR count). The SMILES string of the molecule is COc1ccc(C(OC[C@H](CNC(=O)CCCCCCCCCCCCCCCOC2OC(COC(C)=O)C(OC(C)=O)C(OC(C)=O)C2NC(C)=O)OP(OCCC#N)N(C(C)C)C(C)C)(c2ccccc2)c2ccc(OC)cc2)cc1. The number of nitriles is 1. The highest BCUT2D eigenvalue weighted by atomic mass is 31.2. The standard InChI is InChI=1S/C63H93N4O15P/c1-45(2)67(46(3)4)83(78-41-27-39-64)82-56(43-77-63(51-28-23-22-24-29-51,52-31-35-54(73-9)36-32-52)53-33-37-55(74-10)38-34-53)42-65-58(72)30-25-20-18-16-14-12-11-13-15-17-19-21-26-40-75-62-59(66-47(5)68)61(80-50(8)71)60(79-49(7)70)57(81-62)44-76-48(6)69/h22-24,28-29,31-38,45-46,56-57,59-62H,11-21,25-27,30,40-44H2,1-10H3,(H,65,72)(H,66,68)/t56-,57?,59?,60?,61?,62?,83?/m0/s1. The third kappa shape index (κ3) is 24.1. The molecular weight excluding hydrogens is 1080 g/mol. The van der Waals surface area contributed by atoms with Crippen molar-refractivity contribution in [2.45, 2.75) is 206 Å². The van der Waals surface area contributed by atoms with Gasteiger partial charge < -0.3 is 57.6 Å². The molecular formula is C63H93N4O15P. The summed E-state index contributed by atoms with van der Waals surface area (Å²) in [5, 5.41) is 15.3. The van der Waals surface area contributed by atoms with Gasteiger partial charge in [0.2, 0.25) is 11.8 Å². The van der Waals surface area contributed by atoms with Crippen LogP contribution in [0.3, 0.4) is 0 Å². The normalized spacial score (nSPS) is 17.8. The molecule has 1 fully saturated rings. The average Bonchev–Trinajstić information content (AvgIpc) is 2.22. The molecule has 3 aromatic carbocycles. The summed E-state index contributed by atoms with van der Waals surface area (Å²) < 4.78 is 62.2. The van der Waals surface area contributed by atoms with Gasteiger partial charge in [-0.25, -0.2) is 4.67 Å². The van der Waals surface area contributed by atoms with Crippen molar-refractivity contribution in [2.75, 3.05) is 47.2 Å². The second kappa shape index (κ2) is 38.3. The zero-order valence-corrected chi connectivity index (χ0v) is 51.6. The Labute approximate surface area is 494 Å². The van der Waals surface area contributed by atoms with E-state index in [0.717, 1.165) is 93.7 Å². The second-order valence-electron chi connectivity index (χ2n) is 21.3. The molecule has 3 aromatic rings. The van der Waals surface area contributed by atoms with Crippen molar-refractivity contribution in [3.05, 3.63) is 95.6 Å². The van der Waals surface area contributed by atoms with Crippen molar-refractivity contribution in [1.82, 2.24) is 15.3 Å². The lowest BCUT2D eigenvalue weighted by Crippen LogP contribution is -2.66. The van der Waals surface area contributed by atoms with Crippen molar-refractivity contribution in [3.63, 3.8) is 0 Å². The molecule has 20 heteroatoms. The zero-order chi connectivity index (χ0) is 60.6. The minimum atomic E-state index is -1.68. The molecule has 19 nitrogen and oxygen atoms in total. The first-order chi connectivity index (χ1) is 39.9. The third-order valence-electron chi connectivity index (χ3n) is 14.0. The van der Waals surface area contributed by atoms with Gasteiger partial charge in [0.05, 0.1) is 39.9 Å². The first kappa shape index (κ1) is 69.8. The second-order valence-corrected chi connectivity index (χ2v) is 22.7. The summed E-state index contributed by atoms with van der Waals surface area (Å²) in [6, 6.07) is 27.1. The molecule has 0 spiro atoms. The van der Waals surface area contributed by atoms with Crippen molar-refractivity contribution in [1.29, 1.82) is 5.26 Å². The van der Waals surface area contributed by atoms with Gasteiger partial charge in [0.15, 0.2) is 18.5 Å². The van der Waals surface area contributed by atoms with Crippen molar-refractivity contribution >= 4 is 38.2 Å². The largest absolute Gasteiger partial charge is 0.497 e. The van der Waals surface area contributed by atoms with Crippen LogP contribution in [0.5, 0.6) is 11.5 Å². The molecule has 0 bridgehead atoms. The van der Waals surface area contributed by atoms with Gasteiger partial charge >= 0.3 is 17.9 Å². The van der Waals surface area contributed by atoms with Gasteiger partial charge in [0.1, 0.15) is 42.0 Å². The van der Waals surface area contributed by atoms with E-state index >= 15 is 0 Å². The van der Waals surface area contributed by atoms with Gasteiger partial charge in [-0.15, -0.1) is 0 Å². The smallest absolute Gasteiger partial charge is 0.303 e. The van der Waals surface area contributed by atoms with E-state index in [4.69, 9.17) is 46.9 Å². The topological polar surface area (TPSA) is 229 Å². The minimum absolute atomic E-state index is 0.0601. The van der Waals surface area contributed by atoms with E-state index in [0.29, 0.717) is 24.5 Å². The molecule has 0 aliphatic carbocycles. The fourth-order valence-corrected chi connectivity index (χ4v) is 11.8. The number of nitrogens with one attached hydrogen (secondary N) is 2. The fraction of sp³-hybridized carbons (Fsp3) is 0.619. The van der Waals surface area contributed by atoms with E-state index in [-0.39, 0.29) is 50.8 Å². The van der Waals surface area contributed by atoms with E-state index < -0.39 is 74.7 Å². The third-order valence-corrected chi connectivity index (χ3v) is 16.2. The summed E-state index contributed by atoms with van der Waals surface area (Å²) in [5.74, 6) is -0.966. The number of methoxy groups -OCH3 is 2. The number of carbonyl (C=O) groups excluding carboxylic acids is 5. The molecule has 7 atom stereocenters. The van der Waals surface area contributed by atoms with E-state index in [9.17, 15) is 29.2 Å². The van der Waals surface area contributed by atoms with E-state index in [2.05, 4.69) is 49.1 Å². The Balaban J connectivity index is 1.25. The zero-order valence-electron chi connectivity index (χ0n) is 50.7. The van der Waals surface area contributed by atoms with Crippen molar-refractivity contribution in [2.24, 2.45) is 0 Å². The number of ether oxygens (including phenoxy) is 8. The lowest BCUT2D eigenvalue weighted by atomic mass is 9.80. The maximum atomic E-state index is 13.6. The van der Waals surface area contributed by atoms with Crippen molar-refractivity contribution in [3.8, 4) is 17.6 Å². The minimum Gasteiger partial charge on any atom is -0.497 e. The highest BCUT2D eigenvalue weighted by molar-refractivity contribution is 7.44. The highest BCUT2D eigenvalue weighted by Crippen LogP contribution is 2.48. The van der Waals surface area contributed by atoms with Crippen LogP contribution in [0.25, 0.3) is 0 Å². The monoisotopic (exact) mass is 1180 g/mol. The Morgan fingerprint density at radius 3 is 1.65 bits per heavy atom. The predicted octanol–water partition coefficient (Wildman–Crippen LogP) is 10.9. The molecule has 83 heavy (non-hydrogen) atoms. The molecule has 1 saturated heterocycles. The van der Waals surface area contributed by atoms with E-state index in [1.165, 1.54) is 34.1 Å². The van der Waals surface area contributed by atoms with Crippen LogP contribution in [0.4, 0.5) is 0 Å². The molecule has 2 N–H and O–H groups in total. The van der Waals surface area contributed by atoms with Gasteiger partial charge in [-0.2, -0.15) is 5.26 Å². The number of carbonyl (C=O) groups is 5. The van der Waals surface area contributed by atoms with Crippen LogP contribution in [0.2, 0.25) is 0 Å². The number of amides is 2. The predicted molar refractivity (Wildman–Crippen MR) is 316 cm³/mol. The Morgan fingerprint density at radius 2 is 1.17 bits per heavy atom. The summed E-state index contributed by atoms with van der Waals surface area (Å²) >= 11 is 0. The highest BCUT2D eigenvalue weighted by Gasteiger charge is 2.51. The van der Waals surface area contributed by atoms with Gasteiger partial charge in [-0.1, -0.05) is 125 Å². The number of hydrogen-bond acceptors (Lipinski definition) is 17. The quantitative estimate of drug-likeness (QED) is 0.0177. The van der Waals surface area contributed by atoms with Gasteiger partial charge in [0, 0.05) is 59.4 Å². The van der Waals surface area contributed by atoms with E-state index in [1.807, 2.05) is 78.9 Å².